The molecule has 2 rings (SSSR count). The highest BCUT2D eigenvalue weighted by molar-refractivity contribution is 6.04. The topological polar surface area (TPSA) is 34.1 Å². The summed E-state index contributed by atoms with van der Waals surface area (Å²) in [6.45, 7) is 5.29. The van der Waals surface area contributed by atoms with Crippen LogP contribution in [0.1, 0.15) is 42.1 Å². The highest BCUT2D eigenvalue weighted by Crippen LogP contribution is 2.41. The number of hydrogen-bond donors (Lipinski definition) is 0. The Morgan fingerprint density at radius 1 is 1.44 bits per heavy atom. The zero-order valence-electron chi connectivity index (χ0n) is 10.7. The van der Waals surface area contributed by atoms with E-state index in [-0.39, 0.29) is 11.6 Å². The van der Waals surface area contributed by atoms with E-state index in [4.69, 9.17) is 0 Å². The second-order valence-corrected chi connectivity index (χ2v) is 5.14. The zero-order valence-corrected chi connectivity index (χ0v) is 10.7. The van der Waals surface area contributed by atoms with Gasteiger partial charge in [-0.1, -0.05) is 30.3 Å². The van der Waals surface area contributed by atoms with Gasteiger partial charge in [-0.05, 0) is 31.7 Å². The van der Waals surface area contributed by atoms with Crippen molar-refractivity contribution in [3.63, 3.8) is 0 Å². The maximum Gasteiger partial charge on any atom is 0.170 e. The van der Waals surface area contributed by atoms with E-state index in [0.29, 0.717) is 12.8 Å². The molecule has 0 saturated heterocycles. The molecule has 0 fully saturated rings. The average molecular weight is 242 g/mol. The predicted octanol–water partition coefficient (Wildman–Crippen LogP) is 3.36. The van der Waals surface area contributed by atoms with Gasteiger partial charge in [-0.2, -0.15) is 0 Å². The molecule has 0 spiro atoms. The number of carbonyl (C=O) groups excluding carboxylic acids is 2. The fourth-order valence-electron chi connectivity index (χ4n) is 2.92. The summed E-state index contributed by atoms with van der Waals surface area (Å²) in [7, 11) is 0. The first-order chi connectivity index (χ1) is 8.59. The highest BCUT2D eigenvalue weighted by atomic mass is 16.1. The summed E-state index contributed by atoms with van der Waals surface area (Å²) in [5.74, 6) is 0.184. The number of hydrogen-bond acceptors (Lipinski definition) is 2. The van der Waals surface area contributed by atoms with Gasteiger partial charge in [-0.15, -0.1) is 6.58 Å². The first-order valence-electron chi connectivity index (χ1n) is 6.32. The van der Waals surface area contributed by atoms with Crippen LogP contribution in [-0.4, -0.2) is 11.6 Å². The minimum Gasteiger partial charge on any atom is -0.300 e. The Kier molecular flexibility index (Phi) is 3.46. The normalized spacial score (nSPS) is 22.4. The van der Waals surface area contributed by atoms with Crippen LogP contribution in [0.3, 0.4) is 0 Å². The van der Waals surface area contributed by atoms with Gasteiger partial charge in [0, 0.05) is 17.4 Å². The molecule has 1 aromatic carbocycles. The minimum absolute atomic E-state index is 0.0737. The fraction of sp³-hybridized carbons (Fsp3) is 0.375. The van der Waals surface area contributed by atoms with Gasteiger partial charge in [0.1, 0.15) is 5.78 Å². The molecular weight excluding hydrogens is 224 g/mol. The molecule has 1 aromatic rings. The van der Waals surface area contributed by atoms with Crippen LogP contribution in [0.2, 0.25) is 0 Å². The Hall–Kier alpha value is -1.70. The van der Waals surface area contributed by atoms with E-state index in [2.05, 4.69) is 6.58 Å². The van der Waals surface area contributed by atoms with E-state index in [9.17, 15) is 9.59 Å². The Labute approximate surface area is 108 Å². The number of rotatable bonds is 4. The van der Waals surface area contributed by atoms with E-state index < -0.39 is 5.41 Å². The molecule has 0 saturated carbocycles. The molecule has 0 unspecified atom stereocenters. The van der Waals surface area contributed by atoms with Gasteiger partial charge in [0.05, 0.1) is 0 Å². The third-order valence-corrected chi connectivity index (χ3v) is 3.74. The van der Waals surface area contributed by atoms with Crippen LogP contribution in [0.4, 0.5) is 0 Å². The molecule has 0 amide bonds. The second kappa shape index (κ2) is 4.89. The number of aryl methyl sites for hydroxylation is 1. The van der Waals surface area contributed by atoms with Crippen LogP contribution in [-0.2, 0) is 11.2 Å². The standard InChI is InChI=1S/C16H18O2/c1-3-9-16(11-12(2)17)10-8-13-6-4-5-7-14(13)15(16)18/h3-7H,1,8-11H2,2H3/t16-/m1/s1. The van der Waals surface area contributed by atoms with Gasteiger partial charge < -0.3 is 0 Å². The quantitative estimate of drug-likeness (QED) is 0.759. The number of fused-ring (bicyclic) bond motifs is 1. The summed E-state index contributed by atoms with van der Waals surface area (Å²) in [4.78, 5) is 24.1. The summed E-state index contributed by atoms with van der Waals surface area (Å²) < 4.78 is 0. The highest BCUT2D eigenvalue weighted by Gasteiger charge is 2.42. The van der Waals surface area contributed by atoms with Crippen molar-refractivity contribution in [2.45, 2.75) is 32.6 Å². The average Bonchev–Trinajstić information content (AvgIpc) is 2.34. The molecule has 18 heavy (non-hydrogen) atoms. The van der Waals surface area contributed by atoms with Crippen LogP contribution in [0.25, 0.3) is 0 Å². The van der Waals surface area contributed by atoms with Gasteiger partial charge in [0.25, 0.3) is 0 Å². The molecule has 2 nitrogen and oxygen atoms in total. The summed E-state index contributed by atoms with van der Waals surface area (Å²) in [6.07, 6.45) is 4.28. The number of allylic oxidation sites excluding steroid dienone is 1. The second-order valence-electron chi connectivity index (χ2n) is 5.14. The lowest BCUT2D eigenvalue weighted by Gasteiger charge is -2.35. The van der Waals surface area contributed by atoms with Crippen molar-refractivity contribution in [1.82, 2.24) is 0 Å². The van der Waals surface area contributed by atoms with E-state index in [0.717, 1.165) is 24.0 Å². The monoisotopic (exact) mass is 242 g/mol. The molecule has 0 heterocycles. The molecule has 0 radical (unpaired) electrons. The molecule has 0 aromatic heterocycles. The van der Waals surface area contributed by atoms with Crippen LogP contribution < -0.4 is 0 Å². The van der Waals surface area contributed by atoms with Crippen molar-refractivity contribution in [3.8, 4) is 0 Å². The lowest BCUT2D eigenvalue weighted by Crippen LogP contribution is -2.37. The summed E-state index contributed by atoms with van der Waals surface area (Å²) in [5.41, 5.74) is 1.33. The summed E-state index contributed by atoms with van der Waals surface area (Å²) >= 11 is 0. The third-order valence-electron chi connectivity index (χ3n) is 3.74. The summed E-state index contributed by atoms with van der Waals surface area (Å²) in [6, 6.07) is 7.71. The van der Waals surface area contributed by atoms with E-state index in [1.54, 1.807) is 13.0 Å². The van der Waals surface area contributed by atoms with Crippen molar-refractivity contribution in [3.05, 3.63) is 48.0 Å². The molecular formula is C16H18O2. The number of ketones is 2. The lowest BCUT2D eigenvalue weighted by molar-refractivity contribution is -0.118. The SMILES string of the molecule is C=CC[C@]1(CC(C)=O)CCc2ccccc2C1=O. The van der Waals surface area contributed by atoms with Crippen molar-refractivity contribution in [2.24, 2.45) is 5.41 Å². The third kappa shape index (κ3) is 2.15. The van der Waals surface area contributed by atoms with Crippen molar-refractivity contribution in [2.75, 3.05) is 0 Å². The number of Topliss-reactive ketones (excluding diaryl/α,β-unsaturated/α-hetero) is 2. The van der Waals surface area contributed by atoms with Gasteiger partial charge in [0.15, 0.2) is 5.78 Å². The molecule has 1 aliphatic rings. The van der Waals surface area contributed by atoms with Crippen molar-refractivity contribution >= 4 is 11.6 Å². The smallest absolute Gasteiger partial charge is 0.170 e. The summed E-state index contributed by atoms with van der Waals surface area (Å²) in [5, 5.41) is 0. The lowest BCUT2D eigenvalue weighted by atomic mass is 9.66. The maximum atomic E-state index is 12.7. The molecule has 0 aliphatic heterocycles. The Bertz CT molecular complexity index is 502. The van der Waals surface area contributed by atoms with Gasteiger partial charge in [0.2, 0.25) is 0 Å². The first kappa shape index (κ1) is 12.7. The maximum absolute atomic E-state index is 12.7. The van der Waals surface area contributed by atoms with Crippen LogP contribution in [0, 0.1) is 5.41 Å². The Morgan fingerprint density at radius 2 is 2.17 bits per heavy atom. The largest absolute Gasteiger partial charge is 0.300 e. The van der Waals surface area contributed by atoms with Gasteiger partial charge in [-0.25, -0.2) is 0 Å². The zero-order chi connectivity index (χ0) is 13.2. The number of carbonyl (C=O) groups is 2. The molecule has 1 atom stereocenters. The van der Waals surface area contributed by atoms with Crippen LogP contribution in [0.15, 0.2) is 36.9 Å². The minimum atomic E-state index is -0.554. The molecule has 94 valence electrons. The molecule has 1 aliphatic carbocycles. The van der Waals surface area contributed by atoms with Gasteiger partial charge >= 0.3 is 0 Å². The van der Waals surface area contributed by atoms with Crippen molar-refractivity contribution < 1.29 is 9.59 Å². The van der Waals surface area contributed by atoms with E-state index in [1.165, 1.54) is 0 Å². The first-order valence-corrected chi connectivity index (χ1v) is 6.32. The molecule has 0 N–H and O–H groups in total. The van der Waals surface area contributed by atoms with E-state index >= 15 is 0 Å². The van der Waals surface area contributed by atoms with Gasteiger partial charge in [-0.3, -0.25) is 9.59 Å². The van der Waals surface area contributed by atoms with Crippen LogP contribution >= 0.6 is 0 Å². The van der Waals surface area contributed by atoms with Crippen LogP contribution in [0.5, 0.6) is 0 Å². The number of benzene rings is 1. The van der Waals surface area contributed by atoms with E-state index in [1.807, 2.05) is 24.3 Å². The molecule has 0 bridgehead atoms. The Balaban J connectivity index is 2.42. The van der Waals surface area contributed by atoms with Crippen molar-refractivity contribution in [1.29, 1.82) is 0 Å². The predicted molar refractivity (Wildman–Crippen MR) is 71.6 cm³/mol. The fourth-order valence-corrected chi connectivity index (χ4v) is 2.92. The Morgan fingerprint density at radius 3 is 2.83 bits per heavy atom. The molecule has 2 heteroatoms.